The number of thioether (sulfide) groups is 1. The molecule has 0 aliphatic carbocycles. The van der Waals surface area contributed by atoms with Crippen molar-refractivity contribution >= 4 is 16.9 Å². The van der Waals surface area contributed by atoms with Crippen LogP contribution in [0.15, 0.2) is 0 Å². The van der Waals surface area contributed by atoms with Gasteiger partial charge in [-0.15, -0.1) is 0 Å². The normalized spacial score (nSPS) is 24.6. The molecule has 3 nitrogen and oxygen atoms in total. The van der Waals surface area contributed by atoms with E-state index in [2.05, 4.69) is 11.9 Å². The summed E-state index contributed by atoms with van der Waals surface area (Å²) >= 11 is 1.45. The Morgan fingerprint density at radius 1 is 1.75 bits per heavy atom. The highest BCUT2D eigenvalue weighted by Gasteiger charge is 2.19. The summed E-state index contributed by atoms with van der Waals surface area (Å²) in [6, 6.07) is 0.733. The lowest BCUT2D eigenvalue weighted by Gasteiger charge is -2.18. The van der Waals surface area contributed by atoms with E-state index >= 15 is 0 Å². The molecule has 0 spiro atoms. The highest BCUT2D eigenvalue weighted by Crippen LogP contribution is 2.19. The molecule has 1 heterocycles. The Labute approximate surface area is 78.2 Å². The van der Waals surface area contributed by atoms with Crippen molar-refractivity contribution in [3.63, 3.8) is 0 Å². The molecule has 1 aliphatic heterocycles. The number of nitrogens with zero attached hydrogens (tertiary/aromatic N) is 1. The molecule has 0 aromatic carbocycles. The molecule has 0 saturated carbocycles. The Hall–Kier alpha value is -0.220. The lowest BCUT2D eigenvalue weighted by molar-refractivity contribution is 0.305. The zero-order valence-corrected chi connectivity index (χ0v) is 8.36. The molecule has 0 amide bonds. The van der Waals surface area contributed by atoms with Crippen LogP contribution in [0.1, 0.15) is 19.3 Å². The Morgan fingerprint density at radius 2 is 2.50 bits per heavy atom. The van der Waals surface area contributed by atoms with E-state index < -0.39 is 0 Å². The SMILES string of the molecule is CN1CCCC1CCSC(=N)N. The van der Waals surface area contributed by atoms with Crippen LogP contribution < -0.4 is 5.73 Å². The Balaban J connectivity index is 2.10. The summed E-state index contributed by atoms with van der Waals surface area (Å²) in [6.07, 6.45) is 3.81. The van der Waals surface area contributed by atoms with Crippen molar-refractivity contribution in [2.75, 3.05) is 19.3 Å². The summed E-state index contributed by atoms with van der Waals surface area (Å²) in [5.74, 6) is 0.990. The minimum Gasteiger partial charge on any atom is -0.379 e. The van der Waals surface area contributed by atoms with Gasteiger partial charge in [0, 0.05) is 11.8 Å². The Bertz CT molecular complexity index is 160. The second kappa shape index (κ2) is 4.72. The summed E-state index contributed by atoms with van der Waals surface area (Å²) in [5.41, 5.74) is 5.24. The molecular weight excluding hydrogens is 170 g/mol. The summed E-state index contributed by atoms with van der Waals surface area (Å²) in [6.45, 7) is 1.23. The maximum Gasteiger partial charge on any atom is 0.151 e. The second-order valence-corrected chi connectivity index (χ2v) is 4.41. The van der Waals surface area contributed by atoms with Crippen molar-refractivity contribution in [3.05, 3.63) is 0 Å². The number of nitrogens with two attached hydrogens (primary N) is 1. The topological polar surface area (TPSA) is 53.1 Å². The van der Waals surface area contributed by atoms with Gasteiger partial charge in [-0.05, 0) is 32.9 Å². The number of hydrogen-bond donors (Lipinski definition) is 2. The molecule has 1 unspecified atom stereocenters. The van der Waals surface area contributed by atoms with Crippen LogP contribution in [0.25, 0.3) is 0 Å². The van der Waals surface area contributed by atoms with Crippen LogP contribution in [-0.4, -0.2) is 35.5 Å². The molecule has 4 heteroatoms. The maximum atomic E-state index is 7.05. The van der Waals surface area contributed by atoms with Crippen LogP contribution in [0.4, 0.5) is 0 Å². The number of likely N-dealkylation sites (tertiary alicyclic amines) is 1. The van der Waals surface area contributed by atoms with Crippen LogP contribution in [0, 0.1) is 5.41 Å². The predicted molar refractivity (Wildman–Crippen MR) is 54.6 cm³/mol. The van der Waals surface area contributed by atoms with Gasteiger partial charge in [0.25, 0.3) is 0 Å². The number of hydrogen-bond acceptors (Lipinski definition) is 3. The first kappa shape index (κ1) is 9.86. The Morgan fingerprint density at radius 3 is 3.00 bits per heavy atom. The third-order valence-corrected chi connectivity index (χ3v) is 3.13. The third-order valence-electron chi connectivity index (χ3n) is 2.38. The fourth-order valence-corrected chi connectivity index (χ4v) is 2.26. The molecule has 1 fully saturated rings. The first-order valence-electron chi connectivity index (χ1n) is 4.37. The summed E-state index contributed by atoms with van der Waals surface area (Å²) < 4.78 is 0. The van der Waals surface area contributed by atoms with Gasteiger partial charge < -0.3 is 10.6 Å². The third kappa shape index (κ3) is 3.03. The van der Waals surface area contributed by atoms with E-state index in [0.29, 0.717) is 0 Å². The molecule has 1 saturated heterocycles. The zero-order chi connectivity index (χ0) is 8.97. The molecule has 0 bridgehead atoms. The molecule has 0 aromatic heterocycles. The first-order chi connectivity index (χ1) is 5.70. The van der Waals surface area contributed by atoms with Crippen molar-refractivity contribution in [2.45, 2.75) is 25.3 Å². The van der Waals surface area contributed by atoms with Gasteiger partial charge in [-0.1, -0.05) is 11.8 Å². The molecule has 0 radical (unpaired) electrons. The second-order valence-electron chi connectivity index (χ2n) is 3.28. The van der Waals surface area contributed by atoms with E-state index in [4.69, 9.17) is 11.1 Å². The van der Waals surface area contributed by atoms with Crippen molar-refractivity contribution in [2.24, 2.45) is 5.73 Å². The summed E-state index contributed by atoms with van der Waals surface area (Å²) in [7, 11) is 2.18. The largest absolute Gasteiger partial charge is 0.379 e. The van der Waals surface area contributed by atoms with Gasteiger partial charge in [0.15, 0.2) is 5.17 Å². The maximum absolute atomic E-state index is 7.05. The van der Waals surface area contributed by atoms with Gasteiger partial charge in [-0.2, -0.15) is 0 Å². The molecule has 3 N–H and O–H groups in total. The van der Waals surface area contributed by atoms with E-state index in [1.807, 2.05) is 0 Å². The lowest BCUT2D eigenvalue weighted by atomic mass is 10.2. The van der Waals surface area contributed by atoms with Crippen molar-refractivity contribution < 1.29 is 0 Å². The van der Waals surface area contributed by atoms with Gasteiger partial charge in [-0.3, -0.25) is 5.41 Å². The number of rotatable bonds is 3. The van der Waals surface area contributed by atoms with Crippen LogP contribution in [0.5, 0.6) is 0 Å². The predicted octanol–water partition coefficient (Wildman–Crippen LogP) is 1.10. The quantitative estimate of drug-likeness (QED) is 0.514. The van der Waals surface area contributed by atoms with E-state index in [-0.39, 0.29) is 5.17 Å². The van der Waals surface area contributed by atoms with Crippen LogP contribution in [0.2, 0.25) is 0 Å². The molecule has 70 valence electrons. The van der Waals surface area contributed by atoms with Gasteiger partial charge in [0.2, 0.25) is 0 Å². The van der Waals surface area contributed by atoms with Crippen LogP contribution in [-0.2, 0) is 0 Å². The standard InChI is InChI=1S/C8H17N3S/c1-11-5-2-3-7(11)4-6-12-8(9)10/h7H,2-6H2,1H3,(H3,9,10). The molecule has 1 aliphatic rings. The average molecular weight is 187 g/mol. The summed E-state index contributed by atoms with van der Waals surface area (Å²) in [4.78, 5) is 2.40. The van der Waals surface area contributed by atoms with Gasteiger partial charge in [-0.25, -0.2) is 0 Å². The fourth-order valence-electron chi connectivity index (χ4n) is 1.65. The van der Waals surface area contributed by atoms with E-state index in [9.17, 15) is 0 Å². The highest BCUT2D eigenvalue weighted by atomic mass is 32.2. The lowest BCUT2D eigenvalue weighted by Crippen LogP contribution is -2.25. The molecule has 0 aromatic rings. The average Bonchev–Trinajstić information content (AvgIpc) is 2.36. The minimum atomic E-state index is 0.246. The number of nitrogens with one attached hydrogen (secondary N) is 1. The van der Waals surface area contributed by atoms with Crippen molar-refractivity contribution in [3.8, 4) is 0 Å². The monoisotopic (exact) mass is 187 g/mol. The van der Waals surface area contributed by atoms with E-state index in [1.165, 1.54) is 37.6 Å². The highest BCUT2D eigenvalue weighted by molar-refractivity contribution is 8.13. The van der Waals surface area contributed by atoms with Crippen molar-refractivity contribution in [1.82, 2.24) is 4.90 Å². The smallest absolute Gasteiger partial charge is 0.151 e. The molecule has 1 rings (SSSR count). The van der Waals surface area contributed by atoms with Crippen LogP contribution in [0.3, 0.4) is 0 Å². The van der Waals surface area contributed by atoms with Crippen molar-refractivity contribution in [1.29, 1.82) is 5.41 Å². The van der Waals surface area contributed by atoms with Gasteiger partial charge in [0.1, 0.15) is 0 Å². The fraction of sp³-hybridized carbons (Fsp3) is 0.875. The molecule has 12 heavy (non-hydrogen) atoms. The number of amidine groups is 1. The summed E-state index contributed by atoms with van der Waals surface area (Å²) in [5, 5.41) is 7.29. The van der Waals surface area contributed by atoms with Gasteiger partial charge >= 0.3 is 0 Å². The Kier molecular flexibility index (Phi) is 3.88. The molecular formula is C8H17N3S. The molecule has 1 atom stereocenters. The van der Waals surface area contributed by atoms with E-state index in [0.717, 1.165) is 11.8 Å². The zero-order valence-electron chi connectivity index (χ0n) is 7.55. The first-order valence-corrected chi connectivity index (χ1v) is 5.36. The van der Waals surface area contributed by atoms with Gasteiger partial charge in [0.05, 0.1) is 0 Å². The van der Waals surface area contributed by atoms with Crippen LogP contribution >= 0.6 is 11.8 Å². The van der Waals surface area contributed by atoms with E-state index in [1.54, 1.807) is 0 Å². The minimum absolute atomic E-state index is 0.246.